The lowest BCUT2D eigenvalue weighted by Crippen LogP contribution is -2.01. The summed E-state index contributed by atoms with van der Waals surface area (Å²) in [6, 6.07) is 15.2. The summed E-state index contributed by atoms with van der Waals surface area (Å²) in [7, 11) is 0. The Morgan fingerprint density at radius 3 is 2.62 bits per heavy atom. The summed E-state index contributed by atoms with van der Waals surface area (Å²) in [5, 5.41) is 9.92. The van der Waals surface area contributed by atoms with Crippen LogP contribution in [0.25, 0.3) is 10.9 Å². The van der Waals surface area contributed by atoms with E-state index in [2.05, 4.69) is 18.0 Å². The van der Waals surface area contributed by atoms with Crippen LogP contribution in [-0.4, -0.2) is 10.8 Å². The molecule has 3 nitrogen and oxygen atoms in total. The molecule has 0 saturated heterocycles. The van der Waals surface area contributed by atoms with Gasteiger partial charge in [0, 0.05) is 28.2 Å². The van der Waals surface area contributed by atoms with E-state index >= 15 is 0 Å². The number of benzene rings is 2. The zero-order valence-electron chi connectivity index (χ0n) is 11.7. The Morgan fingerprint density at radius 1 is 1.19 bits per heavy atom. The summed E-state index contributed by atoms with van der Waals surface area (Å²) in [5.74, 6) is -0.0633. The molecule has 0 amide bonds. The van der Waals surface area contributed by atoms with Gasteiger partial charge in [-0.05, 0) is 24.1 Å². The van der Waals surface area contributed by atoms with Crippen LogP contribution in [0.3, 0.4) is 0 Å². The summed E-state index contributed by atoms with van der Waals surface area (Å²) < 4.78 is 0. The summed E-state index contributed by atoms with van der Waals surface area (Å²) >= 11 is 0. The van der Waals surface area contributed by atoms with E-state index in [1.165, 1.54) is 5.56 Å². The Kier molecular flexibility index (Phi) is 3.29. The highest BCUT2D eigenvalue weighted by atomic mass is 16.1. The summed E-state index contributed by atoms with van der Waals surface area (Å²) in [6.07, 6.45) is 2.63. The minimum atomic E-state index is -0.0633. The molecule has 3 aromatic rings. The van der Waals surface area contributed by atoms with Crippen LogP contribution < -0.4 is 0 Å². The second-order valence-corrected chi connectivity index (χ2v) is 4.92. The van der Waals surface area contributed by atoms with Crippen LogP contribution >= 0.6 is 0 Å². The van der Waals surface area contributed by atoms with E-state index < -0.39 is 0 Å². The molecular weight excluding hydrogens is 260 g/mol. The molecule has 1 N–H and O–H groups in total. The van der Waals surface area contributed by atoms with Crippen LogP contribution in [0.1, 0.15) is 34.0 Å². The monoisotopic (exact) mass is 274 g/mol. The van der Waals surface area contributed by atoms with Gasteiger partial charge in [-0.3, -0.25) is 4.79 Å². The van der Waals surface area contributed by atoms with Gasteiger partial charge in [0.05, 0.1) is 11.6 Å². The van der Waals surface area contributed by atoms with Crippen LogP contribution in [0.2, 0.25) is 0 Å². The molecule has 0 radical (unpaired) electrons. The first-order chi connectivity index (χ1) is 10.2. The Labute approximate surface area is 122 Å². The van der Waals surface area contributed by atoms with Crippen LogP contribution in [0.5, 0.6) is 0 Å². The maximum absolute atomic E-state index is 12.7. The number of hydrogen-bond acceptors (Lipinski definition) is 2. The first-order valence-electron chi connectivity index (χ1n) is 6.88. The number of nitrogens with zero attached hydrogens (tertiary/aromatic N) is 1. The third-order valence-electron chi connectivity index (χ3n) is 3.70. The maximum atomic E-state index is 12.7. The number of carbonyl (C=O) groups excluding carboxylic acids is 1. The molecule has 1 aromatic heterocycles. The minimum Gasteiger partial charge on any atom is -0.360 e. The fourth-order valence-corrected chi connectivity index (χ4v) is 2.50. The predicted octanol–water partition coefficient (Wildman–Crippen LogP) is 3.83. The quantitative estimate of drug-likeness (QED) is 0.738. The number of rotatable bonds is 3. The number of H-pyrrole nitrogens is 1. The molecule has 0 saturated carbocycles. The molecule has 3 heteroatoms. The lowest BCUT2D eigenvalue weighted by Gasteiger charge is -2.02. The van der Waals surface area contributed by atoms with Crippen molar-refractivity contribution < 1.29 is 4.79 Å². The number of aryl methyl sites for hydroxylation is 1. The Bertz CT molecular complexity index is 851. The van der Waals surface area contributed by atoms with Gasteiger partial charge in [0.25, 0.3) is 0 Å². The van der Waals surface area contributed by atoms with Crippen molar-refractivity contribution in [3.8, 4) is 6.07 Å². The van der Waals surface area contributed by atoms with Gasteiger partial charge in [-0.1, -0.05) is 37.3 Å². The van der Waals surface area contributed by atoms with Gasteiger partial charge in [0.1, 0.15) is 0 Å². The molecule has 0 spiro atoms. The molecule has 3 rings (SSSR count). The van der Waals surface area contributed by atoms with Crippen molar-refractivity contribution in [3.63, 3.8) is 0 Å². The van der Waals surface area contributed by atoms with Gasteiger partial charge in [-0.15, -0.1) is 0 Å². The molecule has 0 atom stereocenters. The fourth-order valence-electron chi connectivity index (χ4n) is 2.50. The largest absolute Gasteiger partial charge is 0.360 e. The molecule has 0 aliphatic carbocycles. The summed E-state index contributed by atoms with van der Waals surface area (Å²) in [4.78, 5) is 15.7. The number of fused-ring (bicyclic) bond motifs is 1. The average Bonchev–Trinajstić information content (AvgIpc) is 2.98. The lowest BCUT2D eigenvalue weighted by molar-refractivity contribution is 0.104. The van der Waals surface area contributed by atoms with Gasteiger partial charge in [-0.2, -0.15) is 5.26 Å². The van der Waals surface area contributed by atoms with Crippen molar-refractivity contribution in [2.24, 2.45) is 0 Å². The van der Waals surface area contributed by atoms with E-state index in [1.807, 2.05) is 36.4 Å². The van der Waals surface area contributed by atoms with E-state index in [1.54, 1.807) is 12.3 Å². The normalized spacial score (nSPS) is 10.5. The van der Waals surface area contributed by atoms with E-state index in [9.17, 15) is 10.1 Å². The van der Waals surface area contributed by atoms with E-state index in [0.717, 1.165) is 11.9 Å². The number of nitriles is 1. The van der Waals surface area contributed by atoms with Gasteiger partial charge >= 0.3 is 0 Å². The molecular formula is C18H14N2O. The van der Waals surface area contributed by atoms with Gasteiger partial charge in [-0.25, -0.2) is 0 Å². The number of aromatic amines is 1. The molecule has 102 valence electrons. The van der Waals surface area contributed by atoms with Crippen LogP contribution in [0.4, 0.5) is 0 Å². The average molecular weight is 274 g/mol. The van der Waals surface area contributed by atoms with Gasteiger partial charge in [0.15, 0.2) is 5.78 Å². The number of carbonyl (C=O) groups is 1. The van der Waals surface area contributed by atoms with Gasteiger partial charge in [0.2, 0.25) is 0 Å². The second-order valence-electron chi connectivity index (χ2n) is 4.92. The van der Waals surface area contributed by atoms with Crippen LogP contribution in [-0.2, 0) is 6.42 Å². The van der Waals surface area contributed by atoms with Crippen molar-refractivity contribution >= 4 is 16.7 Å². The van der Waals surface area contributed by atoms with E-state index in [-0.39, 0.29) is 5.78 Å². The third kappa shape index (κ3) is 2.21. The molecule has 0 fully saturated rings. The summed E-state index contributed by atoms with van der Waals surface area (Å²) in [6.45, 7) is 2.08. The number of nitrogens with one attached hydrogen (secondary N) is 1. The van der Waals surface area contributed by atoms with Crippen molar-refractivity contribution in [1.82, 2.24) is 4.98 Å². The smallest absolute Gasteiger partial charge is 0.195 e. The van der Waals surface area contributed by atoms with Crippen LogP contribution in [0, 0.1) is 11.3 Å². The highest BCUT2D eigenvalue weighted by Gasteiger charge is 2.16. The summed E-state index contributed by atoms with van der Waals surface area (Å²) in [5.41, 5.74) is 3.71. The van der Waals surface area contributed by atoms with Crippen molar-refractivity contribution in [2.75, 3.05) is 0 Å². The first-order valence-corrected chi connectivity index (χ1v) is 6.88. The third-order valence-corrected chi connectivity index (χ3v) is 3.70. The zero-order chi connectivity index (χ0) is 14.8. The van der Waals surface area contributed by atoms with Crippen molar-refractivity contribution in [1.29, 1.82) is 5.26 Å². The topological polar surface area (TPSA) is 56.6 Å². The fraction of sp³-hybridized carbons (Fsp3) is 0.111. The number of aromatic nitrogens is 1. The SMILES string of the molecule is CCc1ccc(C(=O)c2c[nH]c3cccc(C#N)c23)cc1. The molecule has 1 heterocycles. The first kappa shape index (κ1) is 13.1. The Balaban J connectivity index is 2.11. The van der Waals surface area contributed by atoms with E-state index in [4.69, 9.17) is 0 Å². The van der Waals surface area contributed by atoms with Crippen molar-refractivity contribution in [3.05, 3.63) is 70.9 Å². The number of hydrogen-bond donors (Lipinski definition) is 1. The molecule has 0 aliphatic rings. The number of ketones is 1. The predicted molar refractivity (Wildman–Crippen MR) is 82.3 cm³/mol. The highest BCUT2D eigenvalue weighted by molar-refractivity contribution is 6.17. The lowest BCUT2D eigenvalue weighted by atomic mass is 9.99. The highest BCUT2D eigenvalue weighted by Crippen LogP contribution is 2.24. The standard InChI is InChI=1S/C18H14N2O/c1-2-12-6-8-13(9-7-12)18(21)15-11-20-16-5-3-4-14(10-19)17(15)16/h3-9,11,20H,2H2,1H3. The molecule has 0 unspecified atom stereocenters. The minimum absolute atomic E-state index is 0.0633. The zero-order valence-corrected chi connectivity index (χ0v) is 11.7. The second kappa shape index (κ2) is 5.26. The Morgan fingerprint density at radius 2 is 1.95 bits per heavy atom. The molecule has 21 heavy (non-hydrogen) atoms. The maximum Gasteiger partial charge on any atom is 0.195 e. The molecule has 0 aliphatic heterocycles. The molecule has 0 bridgehead atoms. The van der Waals surface area contributed by atoms with E-state index in [0.29, 0.717) is 22.1 Å². The Hall–Kier alpha value is -2.86. The van der Waals surface area contributed by atoms with Crippen molar-refractivity contribution in [2.45, 2.75) is 13.3 Å². The van der Waals surface area contributed by atoms with Crippen LogP contribution in [0.15, 0.2) is 48.7 Å². The molecule has 2 aromatic carbocycles. The van der Waals surface area contributed by atoms with Gasteiger partial charge < -0.3 is 4.98 Å².